The molecule has 160 valence electrons. The highest BCUT2D eigenvalue weighted by Crippen LogP contribution is 2.30. The van der Waals surface area contributed by atoms with E-state index in [4.69, 9.17) is 21.1 Å². The van der Waals surface area contributed by atoms with Gasteiger partial charge in [0.15, 0.2) is 13.2 Å². The summed E-state index contributed by atoms with van der Waals surface area (Å²) >= 11 is 9.41. The SMILES string of the molecule is Cc1cc(OCC(=O)NNC(=O)COc2ccc(-c3ccccc3)cc2Br)ccc1Cl. The Kier molecular flexibility index (Phi) is 7.92. The van der Waals surface area contributed by atoms with Gasteiger partial charge >= 0.3 is 0 Å². The van der Waals surface area contributed by atoms with Crippen LogP contribution < -0.4 is 20.3 Å². The van der Waals surface area contributed by atoms with Crippen molar-refractivity contribution in [3.8, 4) is 22.6 Å². The minimum Gasteiger partial charge on any atom is -0.484 e. The van der Waals surface area contributed by atoms with Gasteiger partial charge in [-0.1, -0.05) is 48.0 Å². The highest BCUT2D eigenvalue weighted by atomic mass is 79.9. The summed E-state index contributed by atoms with van der Waals surface area (Å²) in [5.74, 6) is 0.0159. The van der Waals surface area contributed by atoms with E-state index in [2.05, 4.69) is 26.8 Å². The van der Waals surface area contributed by atoms with Crippen LogP contribution in [0.1, 0.15) is 5.56 Å². The summed E-state index contributed by atoms with van der Waals surface area (Å²) in [5, 5.41) is 0.616. The number of aryl methyl sites for hydroxylation is 1. The second-order valence-corrected chi connectivity index (χ2v) is 7.86. The van der Waals surface area contributed by atoms with Crippen molar-refractivity contribution in [1.82, 2.24) is 10.9 Å². The van der Waals surface area contributed by atoms with Crippen molar-refractivity contribution < 1.29 is 19.1 Å². The normalized spacial score (nSPS) is 10.3. The summed E-state index contributed by atoms with van der Waals surface area (Å²) in [4.78, 5) is 23.8. The first-order valence-electron chi connectivity index (χ1n) is 9.37. The predicted octanol–water partition coefficient (Wildman–Crippen LogP) is 4.68. The molecule has 2 amide bonds. The average molecular weight is 504 g/mol. The average Bonchev–Trinajstić information content (AvgIpc) is 2.78. The lowest BCUT2D eigenvalue weighted by molar-refractivity contribution is -0.131. The Morgan fingerprint density at radius 1 is 0.871 bits per heavy atom. The number of nitrogens with one attached hydrogen (secondary N) is 2. The van der Waals surface area contributed by atoms with Crippen molar-refractivity contribution in [3.63, 3.8) is 0 Å². The lowest BCUT2D eigenvalue weighted by Gasteiger charge is -2.11. The van der Waals surface area contributed by atoms with Crippen LogP contribution in [0.3, 0.4) is 0 Å². The van der Waals surface area contributed by atoms with Crippen molar-refractivity contribution >= 4 is 39.3 Å². The molecule has 31 heavy (non-hydrogen) atoms. The Bertz CT molecular complexity index is 1080. The van der Waals surface area contributed by atoms with Gasteiger partial charge in [-0.2, -0.15) is 0 Å². The monoisotopic (exact) mass is 502 g/mol. The van der Waals surface area contributed by atoms with Gasteiger partial charge in [0, 0.05) is 5.02 Å². The van der Waals surface area contributed by atoms with Gasteiger partial charge in [-0.3, -0.25) is 20.4 Å². The molecule has 0 aliphatic heterocycles. The van der Waals surface area contributed by atoms with Crippen LogP contribution in [0.5, 0.6) is 11.5 Å². The van der Waals surface area contributed by atoms with Gasteiger partial charge in [0.1, 0.15) is 11.5 Å². The van der Waals surface area contributed by atoms with E-state index in [9.17, 15) is 9.59 Å². The largest absolute Gasteiger partial charge is 0.484 e. The Morgan fingerprint density at radius 3 is 2.19 bits per heavy atom. The van der Waals surface area contributed by atoms with Crippen LogP contribution in [0.25, 0.3) is 11.1 Å². The van der Waals surface area contributed by atoms with E-state index in [1.165, 1.54) is 0 Å². The maximum Gasteiger partial charge on any atom is 0.276 e. The van der Waals surface area contributed by atoms with E-state index in [1.807, 2.05) is 49.4 Å². The molecular weight excluding hydrogens is 484 g/mol. The number of rotatable bonds is 7. The Morgan fingerprint density at radius 2 is 1.55 bits per heavy atom. The maximum absolute atomic E-state index is 12.0. The summed E-state index contributed by atoms with van der Waals surface area (Å²) in [5.41, 5.74) is 7.50. The first-order chi connectivity index (χ1) is 14.9. The number of hydrogen-bond donors (Lipinski definition) is 2. The van der Waals surface area contributed by atoms with E-state index < -0.39 is 11.8 Å². The van der Waals surface area contributed by atoms with Crippen molar-refractivity contribution in [2.75, 3.05) is 13.2 Å². The molecule has 0 atom stereocenters. The standard InChI is InChI=1S/C23H20BrClN2O4/c1-15-11-18(8-9-20(15)25)30-13-22(28)26-27-23(29)14-31-21-10-7-17(12-19(21)24)16-5-3-2-4-6-16/h2-12H,13-14H2,1H3,(H,26,28)(H,27,29). The van der Waals surface area contributed by atoms with Gasteiger partial charge in [0.2, 0.25) is 0 Å². The fraction of sp³-hybridized carbons (Fsp3) is 0.130. The van der Waals surface area contributed by atoms with Gasteiger partial charge < -0.3 is 9.47 Å². The van der Waals surface area contributed by atoms with Crippen LogP contribution in [0.2, 0.25) is 5.02 Å². The third-order valence-corrected chi connectivity index (χ3v) is 5.28. The Hall–Kier alpha value is -3.03. The van der Waals surface area contributed by atoms with Crippen LogP contribution in [0, 0.1) is 6.92 Å². The molecule has 0 aliphatic carbocycles. The number of amides is 2. The molecular formula is C23H20BrClN2O4. The molecule has 6 nitrogen and oxygen atoms in total. The molecule has 8 heteroatoms. The minimum atomic E-state index is -0.505. The summed E-state index contributed by atoms with van der Waals surface area (Å²) in [6.07, 6.45) is 0. The predicted molar refractivity (Wildman–Crippen MR) is 123 cm³/mol. The topological polar surface area (TPSA) is 76.7 Å². The van der Waals surface area contributed by atoms with Gasteiger partial charge in [0.05, 0.1) is 4.47 Å². The fourth-order valence-electron chi connectivity index (χ4n) is 2.64. The van der Waals surface area contributed by atoms with E-state index >= 15 is 0 Å². The van der Waals surface area contributed by atoms with Crippen LogP contribution in [0.4, 0.5) is 0 Å². The van der Waals surface area contributed by atoms with Gasteiger partial charge in [-0.05, 0) is 69.9 Å². The summed E-state index contributed by atoms with van der Waals surface area (Å²) in [6.45, 7) is 1.32. The molecule has 0 bridgehead atoms. The van der Waals surface area contributed by atoms with Gasteiger partial charge in [-0.25, -0.2) is 0 Å². The minimum absolute atomic E-state index is 0.255. The number of ether oxygens (including phenoxy) is 2. The third-order valence-electron chi connectivity index (χ3n) is 4.24. The number of hydrazine groups is 1. The molecule has 0 saturated carbocycles. The zero-order valence-corrected chi connectivity index (χ0v) is 19.0. The van der Waals surface area contributed by atoms with Gasteiger partial charge in [-0.15, -0.1) is 0 Å². The summed E-state index contributed by atoms with van der Waals surface area (Å²) in [7, 11) is 0. The second-order valence-electron chi connectivity index (χ2n) is 6.60. The molecule has 0 aromatic heterocycles. The van der Waals surface area contributed by atoms with E-state index in [0.29, 0.717) is 16.5 Å². The first-order valence-corrected chi connectivity index (χ1v) is 10.5. The molecule has 0 fully saturated rings. The van der Waals surface area contributed by atoms with Gasteiger partial charge in [0.25, 0.3) is 11.8 Å². The number of carbonyl (C=O) groups is 2. The number of halogens is 2. The molecule has 3 aromatic rings. The van der Waals surface area contributed by atoms with Crippen LogP contribution >= 0.6 is 27.5 Å². The zero-order valence-electron chi connectivity index (χ0n) is 16.7. The van der Waals surface area contributed by atoms with Crippen LogP contribution in [0.15, 0.2) is 71.2 Å². The Labute approximate surface area is 193 Å². The molecule has 0 radical (unpaired) electrons. The number of benzene rings is 3. The number of carbonyl (C=O) groups excluding carboxylic acids is 2. The molecule has 3 rings (SSSR count). The van der Waals surface area contributed by atoms with E-state index in [1.54, 1.807) is 24.3 Å². The van der Waals surface area contributed by atoms with Crippen LogP contribution in [-0.2, 0) is 9.59 Å². The molecule has 0 spiro atoms. The van der Waals surface area contributed by atoms with Crippen molar-refractivity contribution in [1.29, 1.82) is 0 Å². The molecule has 0 unspecified atom stereocenters. The lowest BCUT2D eigenvalue weighted by atomic mass is 10.1. The van der Waals surface area contributed by atoms with E-state index in [0.717, 1.165) is 21.2 Å². The highest BCUT2D eigenvalue weighted by molar-refractivity contribution is 9.10. The smallest absolute Gasteiger partial charge is 0.276 e. The maximum atomic E-state index is 12.0. The molecule has 2 N–H and O–H groups in total. The molecule has 0 heterocycles. The van der Waals surface area contributed by atoms with Crippen molar-refractivity contribution in [3.05, 3.63) is 81.8 Å². The third kappa shape index (κ3) is 6.73. The van der Waals surface area contributed by atoms with E-state index in [-0.39, 0.29) is 13.2 Å². The summed E-state index contributed by atoms with van der Waals surface area (Å²) in [6, 6.07) is 20.6. The first kappa shape index (κ1) is 22.7. The number of hydrogen-bond acceptors (Lipinski definition) is 4. The molecule has 0 aliphatic rings. The molecule has 0 saturated heterocycles. The highest BCUT2D eigenvalue weighted by Gasteiger charge is 2.09. The van der Waals surface area contributed by atoms with Crippen molar-refractivity contribution in [2.45, 2.75) is 6.92 Å². The zero-order chi connectivity index (χ0) is 22.2. The van der Waals surface area contributed by atoms with Crippen LogP contribution in [-0.4, -0.2) is 25.0 Å². The van der Waals surface area contributed by atoms with Crippen molar-refractivity contribution in [2.24, 2.45) is 0 Å². The molecule has 3 aromatic carbocycles. The quantitative estimate of drug-likeness (QED) is 0.459. The lowest BCUT2D eigenvalue weighted by Crippen LogP contribution is -2.45. The Balaban J connectivity index is 1.42. The second kappa shape index (κ2) is 10.8. The fourth-order valence-corrected chi connectivity index (χ4v) is 3.25. The summed E-state index contributed by atoms with van der Waals surface area (Å²) < 4.78 is 11.6.